The smallest absolute Gasteiger partial charge is 0.339 e. The van der Waals surface area contributed by atoms with Crippen LogP contribution in [0.1, 0.15) is 20.7 Å². The van der Waals surface area contributed by atoms with E-state index in [1.807, 2.05) is 0 Å². The molecule has 2 aromatic carbocycles. The van der Waals surface area contributed by atoms with Gasteiger partial charge in [-0.05, 0) is 30.3 Å². The average molecular weight is 371 g/mol. The highest BCUT2D eigenvalue weighted by Gasteiger charge is 2.18. The summed E-state index contributed by atoms with van der Waals surface area (Å²) in [4.78, 5) is 37.2. The Labute approximate surface area is 154 Å². The van der Waals surface area contributed by atoms with Crippen LogP contribution in [-0.2, 0) is 11.8 Å². The van der Waals surface area contributed by atoms with Gasteiger partial charge in [-0.15, -0.1) is 0 Å². The highest BCUT2D eigenvalue weighted by molar-refractivity contribution is 6.31. The van der Waals surface area contributed by atoms with Gasteiger partial charge >= 0.3 is 5.97 Å². The maximum absolute atomic E-state index is 12.7. The maximum Gasteiger partial charge on any atom is 0.339 e. The molecule has 0 saturated carbocycles. The number of nitrogens with zero attached hydrogens (tertiary/aromatic N) is 1. The number of anilines is 1. The third-order valence-electron chi connectivity index (χ3n) is 3.98. The van der Waals surface area contributed by atoms with Gasteiger partial charge in [-0.3, -0.25) is 9.59 Å². The number of amides is 1. The Bertz CT molecular complexity index is 1090. The molecular formula is C19H15ClN2O4. The molecular weight excluding hydrogens is 356 g/mol. The Morgan fingerprint density at radius 3 is 2.58 bits per heavy atom. The number of aromatic nitrogens is 1. The van der Waals surface area contributed by atoms with Crippen molar-refractivity contribution in [1.29, 1.82) is 0 Å². The SMILES string of the molecule is COC(=O)c1ccccc1NC(=O)c1cn(C)c2ccc(Cl)cc2c1=O. The number of methoxy groups -OCH3 is 1. The van der Waals surface area contributed by atoms with E-state index in [1.54, 1.807) is 41.9 Å². The topological polar surface area (TPSA) is 77.4 Å². The van der Waals surface area contributed by atoms with Gasteiger partial charge < -0.3 is 14.6 Å². The summed E-state index contributed by atoms with van der Waals surface area (Å²) < 4.78 is 6.38. The summed E-state index contributed by atoms with van der Waals surface area (Å²) >= 11 is 5.98. The Morgan fingerprint density at radius 2 is 1.85 bits per heavy atom. The fourth-order valence-corrected chi connectivity index (χ4v) is 2.87. The van der Waals surface area contributed by atoms with Crippen molar-refractivity contribution in [2.45, 2.75) is 0 Å². The van der Waals surface area contributed by atoms with E-state index in [-0.39, 0.29) is 16.8 Å². The minimum absolute atomic E-state index is 0.0538. The van der Waals surface area contributed by atoms with E-state index in [9.17, 15) is 14.4 Å². The van der Waals surface area contributed by atoms with E-state index in [0.717, 1.165) is 0 Å². The number of aryl methyl sites for hydroxylation is 1. The van der Waals surface area contributed by atoms with Crippen molar-refractivity contribution < 1.29 is 14.3 Å². The molecule has 0 bridgehead atoms. The molecule has 1 amide bonds. The zero-order valence-corrected chi connectivity index (χ0v) is 14.8. The largest absolute Gasteiger partial charge is 0.465 e. The number of nitrogens with one attached hydrogen (secondary N) is 1. The van der Waals surface area contributed by atoms with Crippen LogP contribution < -0.4 is 10.7 Å². The number of halogens is 1. The van der Waals surface area contributed by atoms with Crippen molar-refractivity contribution in [2.75, 3.05) is 12.4 Å². The van der Waals surface area contributed by atoms with Crippen molar-refractivity contribution in [3.05, 3.63) is 75.0 Å². The van der Waals surface area contributed by atoms with Gasteiger partial charge in [0.05, 0.1) is 23.9 Å². The Balaban J connectivity index is 2.06. The number of fused-ring (bicyclic) bond motifs is 1. The fraction of sp³-hybridized carbons (Fsp3) is 0.105. The standard InChI is InChI=1S/C19H15ClN2O4/c1-22-10-14(17(23)13-9-11(20)7-8-16(13)22)18(24)21-15-6-4-3-5-12(15)19(25)26-2/h3-10H,1-2H3,(H,21,24). The van der Waals surface area contributed by atoms with Crippen molar-refractivity contribution in [3.8, 4) is 0 Å². The lowest BCUT2D eigenvalue weighted by atomic mass is 10.1. The van der Waals surface area contributed by atoms with E-state index in [4.69, 9.17) is 16.3 Å². The second-order valence-corrected chi connectivity index (χ2v) is 6.07. The number of para-hydroxylation sites is 1. The van der Waals surface area contributed by atoms with Crippen LogP contribution in [-0.4, -0.2) is 23.6 Å². The molecule has 6 nitrogen and oxygen atoms in total. The molecule has 0 unspecified atom stereocenters. The first-order chi connectivity index (χ1) is 12.4. The van der Waals surface area contributed by atoms with Gasteiger partial charge in [0.1, 0.15) is 5.56 Å². The summed E-state index contributed by atoms with van der Waals surface area (Å²) in [6.45, 7) is 0. The fourth-order valence-electron chi connectivity index (χ4n) is 2.70. The molecule has 0 spiro atoms. The third kappa shape index (κ3) is 3.19. The van der Waals surface area contributed by atoms with Gasteiger partial charge in [0, 0.05) is 23.7 Å². The zero-order valence-electron chi connectivity index (χ0n) is 14.1. The molecule has 0 aliphatic rings. The predicted octanol–water partition coefficient (Wildman–Crippen LogP) is 3.23. The normalized spacial score (nSPS) is 10.6. The molecule has 3 rings (SSSR count). The summed E-state index contributed by atoms with van der Waals surface area (Å²) in [5.41, 5.74) is 0.628. The summed E-state index contributed by atoms with van der Waals surface area (Å²) in [5.74, 6) is -1.21. The molecule has 0 aliphatic heterocycles. The van der Waals surface area contributed by atoms with E-state index >= 15 is 0 Å². The van der Waals surface area contributed by atoms with Crippen LogP contribution >= 0.6 is 11.6 Å². The van der Waals surface area contributed by atoms with Crippen LogP contribution in [0.25, 0.3) is 10.9 Å². The molecule has 132 valence electrons. The molecule has 0 saturated heterocycles. The van der Waals surface area contributed by atoms with Gasteiger partial charge in [0.2, 0.25) is 5.43 Å². The van der Waals surface area contributed by atoms with Crippen LogP contribution in [0.5, 0.6) is 0 Å². The van der Waals surface area contributed by atoms with E-state index in [2.05, 4.69) is 5.32 Å². The number of ether oxygens (including phenoxy) is 1. The second-order valence-electron chi connectivity index (χ2n) is 5.64. The molecule has 26 heavy (non-hydrogen) atoms. The highest BCUT2D eigenvalue weighted by atomic mass is 35.5. The molecule has 3 aromatic rings. The number of hydrogen-bond donors (Lipinski definition) is 1. The number of rotatable bonds is 3. The third-order valence-corrected chi connectivity index (χ3v) is 4.21. The van der Waals surface area contributed by atoms with Crippen molar-refractivity contribution in [3.63, 3.8) is 0 Å². The van der Waals surface area contributed by atoms with Crippen molar-refractivity contribution in [2.24, 2.45) is 7.05 Å². The first-order valence-corrected chi connectivity index (χ1v) is 8.07. The Kier molecular flexibility index (Phi) is 4.77. The predicted molar refractivity (Wildman–Crippen MR) is 99.9 cm³/mol. The minimum Gasteiger partial charge on any atom is -0.465 e. The molecule has 0 fully saturated rings. The maximum atomic E-state index is 12.7. The van der Waals surface area contributed by atoms with Crippen LogP contribution in [0.4, 0.5) is 5.69 Å². The Morgan fingerprint density at radius 1 is 1.12 bits per heavy atom. The van der Waals surface area contributed by atoms with E-state index in [1.165, 1.54) is 25.4 Å². The van der Waals surface area contributed by atoms with Gasteiger partial charge in [-0.2, -0.15) is 0 Å². The number of carbonyl (C=O) groups is 2. The molecule has 0 atom stereocenters. The van der Waals surface area contributed by atoms with Gasteiger partial charge in [0.25, 0.3) is 5.91 Å². The molecule has 7 heteroatoms. The Hall–Kier alpha value is -3.12. The van der Waals surface area contributed by atoms with E-state index < -0.39 is 17.3 Å². The minimum atomic E-state index is -0.621. The lowest BCUT2D eigenvalue weighted by molar-refractivity contribution is 0.0602. The lowest BCUT2D eigenvalue weighted by Gasteiger charge is -2.12. The lowest BCUT2D eigenvalue weighted by Crippen LogP contribution is -2.24. The van der Waals surface area contributed by atoms with Gasteiger partial charge in [0.15, 0.2) is 0 Å². The number of esters is 1. The number of benzene rings is 2. The molecule has 1 heterocycles. The van der Waals surface area contributed by atoms with Crippen LogP contribution in [0.15, 0.2) is 53.5 Å². The number of pyridine rings is 1. The zero-order chi connectivity index (χ0) is 18.8. The second kappa shape index (κ2) is 7.01. The molecule has 0 aliphatic carbocycles. The van der Waals surface area contributed by atoms with Gasteiger partial charge in [-0.25, -0.2) is 4.79 Å². The first kappa shape index (κ1) is 17.7. The van der Waals surface area contributed by atoms with Crippen LogP contribution in [0.2, 0.25) is 5.02 Å². The van der Waals surface area contributed by atoms with Crippen LogP contribution in [0, 0.1) is 0 Å². The summed E-state index contributed by atoms with van der Waals surface area (Å²) in [7, 11) is 2.98. The first-order valence-electron chi connectivity index (χ1n) is 7.70. The number of carbonyl (C=O) groups excluding carboxylic acids is 2. The molecule has 0 radical (unpaired) electrons. The van der Waals surface area contributed by atoms with Gasteiger partial charge in [-0.1, -0.05) is 23.7 Å². The average Bonchev–Trinajstić information content (AvgIpc) is 2.64. The van der Waals surface area contributed by atoms with Crippen molar-refractivity contribution in [1.82, 2.24) is 4.57 Å². The molecule has 1 N–H and O–H groups in total. The summed E-state index contributed by atoms with van der Waals surface area (Å²) in [6, 6.07) is 11.3. The summed E-state index contributed by atoms with van der Waals surface area (Å²) in [6.07, 6.45) is 1.45. The van der Waals surface area contributed by atoms with Crippen molar-refractivity contribution >= 4 is 40.1 Å². The van der Waals surface area contributed by atoms with E-state index in [0.29, 0.717) is 15.9 Å². The summed E-state index contributed by atoms with van der Waals surface area (Å²) in [5, 5.41) is 3.35. The quantitative estimate of drug-likeness (QED) is 0.718. The number of hydrogen-bond acceptors (Lipinski definition) is 4. The van der Waals surface area contributed by atoms with Crippen LogP contribution in [0.3, 0.4) is 0 Å². The molecule has 1 aromatic heterocycles. The highest BCUT2D eigenvalue weighted by Crippen LogP contribution is 2.19. The monoisotopic (exact) mass is 370 g/mol.